The van der Waals surface area contributed by atoms with E-state index < -0.39 is 0 Å². The number of nitrogens with one attached hydrogen (secondary N) is 1. The van der Waals surface area contributed by atoms with Gasteiger partial charge >= 0.3 is 0 Å². The largest absolute Gasteiger partial charge is 0.456 e. The standard InChI is InChI=1S/C20H22N2O3/c1-14-2-5-19(25-14)20(23)22-8-9-24-13-16(12-22)10-15-3-4-18-17(11-15)6-7-21-18/h2-7,11,16,21H,8-10,12-13H2,1H3. The Morgan fingerprint density at radius 2 is 2.20 bits per heavy atom. The lowest BCUT2D eigenvalue weighted by Gasteiger charge is -2.22. The second-order valence-electron chi connectivity index (χ2n) is 6.71. The van der Waals surface area contributed by atoms with Gasteiger partial charge in [-0.05, 0) is 54.6 Å². The number of H-pyrrole nitrogens is 1. The lowest BCUT2D eigenvalue weighted by Crippen LogP contribution is -2.36. The Balaban J connectivity index is 1.48. The van der Waals surface area contributed by atoms with E-state index in [0.717, 1.165) is 17.7 Å². The normalized spacial score (nSPS) is 18.4. The maximum Gasteiger partial charge on any atom is 0.289 e. The summed E-state index contributed by atoms with van der Waals surface area (Å²) in [5.74, 6) is 1.39. The van der Waals surface area contributed by atoms with Gasteiger partial charge in [0, 0.05) is 30.7 Å². The van der Waals surface area contributed by atoms with Crippen LogP contribution in [0.1, 0.15) is 21.9 Å². The van der Waals surface area contributed by atoms with Crippen molar-refractivity contribution in [3.8, 4) is 0 Å². The van der Waals surface area contributed by atoms with Gasteiger partial charge in [0.2, 0.25) is 0 Å². The second kappa shape index (κ2) is 6.76. The monoisotopic (exact) mass is 338 g/mol. The molecule has 1 N–H and O–H groups in total. The van der Waals surface area contributed by atoms with Crippen LogP contribution >= 0.6 is 0 Å². The van der Waals surface area contributed by atoms with Gasteiger partial charge in [0.15, 0.2) is 5.76 Å². The Kier molecular flexibility index (Phi) is 4.32. The van der Waals surface area contributed by atoms with Crippen molar-refractivity contribution in [2.75, 3.05) is 26.3 Å². The highest BCUT2D eigenvalue weighted by molar-refractivity contribution is 5.91. The average molecular weight is 338 g/mol. The molecule has 3 aromatic rings. The predicted octanol–water partition coefficient (Wildman–Crippen LogP) is 3.40. The number of fused-ring (bicyclic) bond motifs is 1. The van der Waals surface area contributed by atoms with Crippen LogP contribution in [0.4, 0.5) is 0 Å². The van der Waals surface area contributed by atoms with Crippen molar-refractivity contribution in [1.29, 1.82) is 0 Å². The number of rotatable bonds is 3. The van der Waals surface area contributed by atoms with Crippen LogP contribution in [0.5, 0.6) is 0 Å². The molecule has 1 fully saturated rings. The van der Waals surface area contributed by atoms with E-state index >= 15 is 0 Å². The first-order chi connectivity index (χ1) is 12.2. The molecule has 1 aliphatic rings. The summed E-state index contributed by atoms with van der Waals surface area (Å²) < 4.78 is 11.2. The highest BCUT2D eigenvalue weighted by Gasteiger charge is 2.25. The molecule has 0 spiro atoms. The molecule has 25 heavy (non-hydrogen) atoms. The maximum atomic E-state index is 12.7. The van der Waals surface area contributed by atoms with Crippen LogP contribution in [0.25, 0.3) is 10.9 Å². The molecule has 2 aromatic heterocycles. The number of amides is 1. The van der Waals surface area contributed by atoms with E-state index in [1.807, 2.05) is 24.1 Å². The number of nitrogens with zero attached hydrogens (tertiary/aromatic N) is 1. The molecule has 1 saturated heterocycles. The zero-order chi connectivity index (χ0) is 17.2. The predicted molar refractivity (Wildman–Crippen MR) is 95.7 cm³/mol. The molecule has 3 heterocycles. The molecular weight excluding hydrogens is 316 g/mol. The fraction of sp³-hybridized carbons (Fsp3) is 0.350. The second-order valence-corrected chi connectivity index (χ2v) is 6.71. The molecule has 1 amide bonds. The van der Waals surface area contributed by atoms with Gasteiger partial charge in [0.05, 0.1) is 13.2 Å². The van der Waals surface area contributed by atoms with Crippen LogP contribution < -0.4 is 0 Å². The minimum Gasteiger partial charge on any atom is -0.456 e. The molecular formula is C20H22N2O3. The van der Waals surface area contributed by atoms with Crippen LogP contribution in [0.3, 0.4) is 0 Å². The summed E-state index contributed by atoms with van der Waals surface area (Å²) in [5.41, 5.74) is 2.41. The van der Waals surface area contributed by atoms with Crippen LogP contribution in [0.15, 0.2) is 47.0 Å². The molecule has 0 saturated carbocycles. The van der Waals surface area contributed by atoms with Crippen LogP contribution in [0, 0.1) is 12.8 Å². The molecule has 1 unspecified atom stereocenters. The summed E-state index contributed by atoms with van der Waals surface area (Å²) in [6.45, 7) is 4.38. The maximum absolute atomic E-state index is 12.7. The highest BCUT2D eigenvalue weighted by Crippen LogP contribution is 2.20. The summed E-state index contributed by atoms with van der Waals surface area (Å²) in [6.07, 6.45) is 2.84. The van der Waals surface area contributed by atoms with Crippen molar-refractivity contribution in [1.82, 2.24) is 9.88 Å². The molecule has 5 heteroatoms. The first-order valence-corrected chi connectivity index (χ1v) is 8.68. The number of aryl methyl sites for hydroxylation is 1. The molecule has 0 radical (unpaired) electrons. The van der Waals surface area contributed by atoms with Crippen molar-refractivity contribution in [3.05, 3.63) is 59.7 Å². The van der Waals surface area contributed by atoms with Crippen LogP contribution in [-0.2, 0) is 11.2 Å². The van der Waals surface area contributed by atoms with Crippen LogP contribution in [-0.4, -0.2) is 42.1 Å². The number of carbonyl (C=O) groups is 1. The van der Waals surface area contributed by atoms with Gasteiger partial charge in [0.1, 0.15) is 5.76 Å². The fourth-order valence-corrected chi connectivity index (χ4v) is 3.46. The van der Waals surface area contributed by atoms with Gasteiger partial charge in [-0.25, -0.2) is 0 Å². The number of hydrogen-bond acceptors (Lipinski definition) is 3. The number of aromatic nitrogens is 1. The van der Waals surface area contributed by atoms with E-state index in [-0.39, 0.29) is 11.8 Å². The molecule has 0 bridgehead atoms. The zero-order valence-electron chi connectivity index (χ0n) is 14.3. The Hall–Kier alpha value is -2.53. The quantitative estimate of drug-likeness (QED) is 0.796. The summed E-state index contributed by atoms with van der Waals surface area (Å²) in [7, 11) is 0. The van der Waals surface area contributed by atoms with Crippen molar-refractivity contribution in [3.63, 3.8) is 0 Å². The first kappa shape index (κ1) is 16.0. The van der Waals surface area contributed by atoms with Gasteiger partial charge in [-0.2, -0.15) is 0 Å². The van der Waals surface area contributed by atoms with E-state index in [2.05, 4.69) is 29.2 Å². The zero-order valence-corrected chi connectivity index (χ0v) is 14.3. The number of hydrogen-bond donors (Lipinski definition) is 1. The summed E-state index contributed by atoms with van der Waals surface area (Å²) in [4.78, 5) is 17.7. The van der Waals surface area contributed by atoms with Gasteiger partial charge < -0.3 is 19.0 Å². The Morgan fingerprint density at radius 1 is 1.28 bits per heavy atom. The molecule has 0 aliphatic carbocycles. The Morgan fingerprint density at radius 3 is 3.04 bits per heavy atom. The van der Waals surface area contributed by atoms with Crippen molar-refractivity contribution in [2.24, 2.45) is 5.92 Å². The third-order valence-electron chi connectivity index (χ3n) is 4.72. The summed E-state index contributed by atoms with van der Waals surface area (Å²) in [6, 6.07) is 12.1. The Bertz CT molecular complexity index is 880. The van der Waals surface area contributed by atoms with E-state index in [4.69, 9.17) is 9.15 Å². The van der Waals surface area contributed by atoms with Gasteiger partial charge in [-0.1, -0.05) is 6.07 Å². The minimum atomic E-state index is -0.0512. The third-order valence-corrected chi connectivity index (χ3v) is 4.72. The van der Waals surface area contributed by atoms with Crippen molar-refractivity contribution < 1.29 is 13.9 Å². The smallest absolute Gasteiger partial charge is 0.289 e. The lowest BCUT2D eigenvalue weighted by atomic mass is 9.98. The fourth-order valence-electron chi connectivity index (χ4n) is 3.46. The number of carbonyl (C=O) groups excluding carboxylic acids is 1. The van der Waals surface area contributed by atoms with Gasteiger partial charge in [0.25, 0.3) is 5.91 Å². The lowest BCUT2D eigenvalue weighted by molar-refractivity contribution is 0.0704. The van der Waals surface area contributed by atoms with Gasteiger partial charge in [-0.3, -0.25) is 4.79 Å². The molecule has 1 atom stereocenters. The number of aromatic amines is 1. The van der Waals surface area contributed by atoms with Crippen LogP contribution in [0.2, 0.25) is 0 Å². The summed E-state index contributed by atoms with van der Waals surface area (Å²) in [5, 5.41) is 1.21. The molecule has 1 aliphatic heterocycles. The first-order valence-electron chi connectivity index (χ1n) is 8.68. The molecule has 130 valence electrons. The molecule has 5 nitrogen and oxygen atoms in total. The van der Waals surface area contributed by atoms with Crippen molar-refractivity contribution in [2.45, 2.75) is 13.3 Å². The van der Waals surface area contributed by atoms with Gasteiger partial charge in [-0.15, -0.1) is 0 Å². The number of ether oxygens (including phenoxy) is 1. The van der Waals surface area contributed by atoms with E-state index in [0.29, 0.717) is 32.1 Å². The van der Waals surface area contributed by atoms with Crippen molar-refractivity contribution >= 4 is 16.8 Å². The third kappa shape index (κ3) is 3.46. The summed E-state index contributed by atoms with van der Waals surface area (Å²) >= 11 is 0. The average Bonchev–Trinajstić information content (AvgIpc) is 3.18. The SMILES string of the molecule is Cc1ccc(C(=O)N2CCOCC(Cc3ccc4[nH]ccc4c3)C2)o1. The van der Waals surface area contributed by atoms with E-state index in [1.165, 1.54) is 10.9 Å². The Labute approximate surface area is 146 Å². The van der Waals surface area contributed by atoms with E-state index in [9.17, 15) is 4.79 Å². The highest BCUT2D eigenvalue weighted by atomic mass is 16.5. The molecule has 1 aromatic carbocycles. The van der Waals surface area contributed by atoms with E-state index in [1.54, 1.807) is 6.07 Å². The molecule has 4 rings (SSSR count). The topological polar surface area (TPSA) is 58.5 Å². The number of benzene rings is 1. The number of furan rings is 1. The minimum absolute atomic E-state index is 0.0512.